The van der Waals surface area contributed by atoms with E-state index in [1.54, 1.807) is 6.92 Å². The number of nitrogens with zero attached hydrogens (tertiary/aromatic N) is 2. The monoisotopic (exact) mass is 312 g/mol. The fraction of sp³-hybridized carbons (Fsp3) is 0.385. The Balaban J connectivity index is 3.29. The van der Waals surface area contributed by atoms with Gasteiger partial charge >= 0.3 is 0 Å². The summed E-state index contributed by atoms with van der Waals surface area (Å²) in [6.45, 7) is 1.76. The van der Waals surface area contributed by atoms with Crippen molar-refractivity contribution < 1.29 is 23.8 Å². The Hall–Kier alpha value is -2.71. The van der Waals surface area contributed by atoms with E-state index in [-0.39, 0.29) is 6.42 Å². The Morgan fingerprint density at radius 3 is 2.09 bits per heavy atom. The van der Waals surface area contributed by atoms with Crippen LogP contribution in [-0.4, -0.2) is 27.6 Å². The summed E-state index contributed by atoms with van der Waals surface area (Å²) in [5, 5.41) is 21.8. The van der Waals surface area contributed by atoms with E-state index >= 15 is 0 Å². The van der Waals surface area contributed by atoms with Crippen LogP contribution in [0.3, 0.4) is 0 Å². The van der Waals surface area contributed by atoms with Gasteiger partial charge in [-0.05, 0) is 12.5 Å². The zero-order chi connectivity index (χ0) is 16.9. The third-order valence-corrected chi connectivity index (χ3v) is 2.95. The summed E-state index contributed by atoms with van der Waals surface area (Å²) in [5.41, 5.74) is -2.79. The number of Topliss-reactive ketones (excluding diaryl/α,β-unsaturated/α-hetero) is 2. The molecule has 0 fully saturated rings. The van der Waals surface area contributed by atoms with E-state index in [4.69, 9.17) is 0 Å². The molecule has 0 saturated carbocycles. The second kappa shape index (κ2) is 7.34. The number of hydrogen-bond donors (Lipinski definition) is 0. The minimum atomic E-state index is -2.65. The Kier molecular flexibility index (Phi) is 5.79. The van der Waals surface area contributed by atoms with Crippen LogP contribution in [0.4, 0.5) is 15.8 Å². The summed E-state index contributed by atoms with van der Waals surface area (Å²) < 4.78 is 13.9. The fourth-order valence-electron chi connectivity index (χ4n) is 1.84. The molecule has 0 radical (unpaired) electrons. The van der Waals surface area contributed by atoms with Crippen molar-refractivity contribution in [3.63, 3.8) is 0 Å². The zero-order valence-corrected chi connectivity index (χ0v) is 11.7. The number of nitro benzene ring substituents is 2. The first-order valence-corrected chi connectivity index (χ1v) is 6.44. The molecule has 1 aromatic carbocycles. The predicted octanol–water partition coefficient (Wildman–Crippen LogP) is 2.78. The normalized spacial score (nSPS) is 11.7. The van der Waals surface area contributed by atoms with Gasteiger partial charge in [0.2, 0.25) is 12.0 Å². The Morgan fingerprint density at radius 2 is 1.68 bits per heavy atom. The third kappa shape index (κ3) is 3.68. The van der Waals surface area contributed by atoms with Gasteiger partial charge in [-0.2, -0.15) is 0 Å². The first-order chi connectivity index (χ1) is 10.3. The number of halogens is 1. The number of unbranched alkanes of at least 4 members (excludes halogenated alkanes) is 1. The second-order valence-electron chi connectivity index (χ2n) is 4.48. The largest absolute Gasteiger partial charge is 0.296 e. The number of carbonyl (C=O) groups excluding carboxylic acids is 2. The van der Waals surface area contributed by atoms with Gasteiger partial charge in [-0.1, -0.05) is 13.3 Å². The smallest absolute Gasteiger partial charge is 0.287 e. The summed E-state index contributed by atoms with van der Waals surface area (Å²) in [6.07, 6.45) is -1.91. The SMILES string of the molecule is CCCCC(=O)C(F)C(=O)c1c([N+](=O)[O-])cccc1[N+](=O)[O-]. The van der Waals surface area contributed by atoms with Gasteiger partial charge in [0.15, 0.2) is 11.3 Å². The van der Waals surface area contributed by atoms with Crippen molar-refractivity contribution in [2.24, 2.45) is 0 Å². The molecule has 0 aliphatic heterocycles. The van der Waals surface area contributed by atoms with Crippen molar-refractivity contribution in [1.82, 2.24) is 0 Å². The van der Waals surface area contributed by atoms with Crippen molar-refractivity contribution in [3.05, 3.63) is 44.0 Å². The van der Waals surface area contributed by atoms with Gasteiger partial charge in [-0.25, -0.2) is 4.39 Å². The molecule has 9 heteroatoms. The molecular weight excluding hydrogens is 299 g/mol. The maximum Gasteiger partial charge on any atom is 0.287 e. The molecule has 8 nitrogen and oxygen atoms in total. The molecule has 0 spiro atoms. The van der Waals surface area contributed by atoms with Crippen molar-refractivity contribution >= 4 is 22.9 Å². The molecule has 22 heavy (non-hydrogen) atoms. The molecule has 0 N–H and O–H groups in total. The standard InChI is InChI=1S/C13H13FN2O6/c1-2-3-7-10(17)12(14)13(18)11-8(15(19)20)5-4-6-9(11)16(21)22/h4-6,12H,2-3,7H2,1H3. The van der Waals surface area contributed by atoms with Crippen LogP contribution in [-0.2, 0) is 4.79 Å². The molecule has 1 aromatic rings. The Morgan fingerprint density at radius 1 is 1.18 bits per heavy atom. The van der Waals surface area contributed by atoms with Crippen LogP contribution in [0.1, 0.15) is 36.5 Å². The van der Waals surface area contributed by atoms with Crippen LogP contribution in [0.25, 0.3) is 0 Å². The van der Waals surface area contributed by atoms with Crippen LogP contribution in [0, 0.1) is 20.2 Å². The van der Waals surface area contributed by atoms with Crippen LogP contribution >= 0.6 is 0 Å². The van der Waals surface area contributed by atoms with E-state index < -0.39 is 44.5 Å². The predicted molar refractivity (Wildman–Crippen MR) is 73.5 cm³/mol. The highest BCUT2D eigenvalue weighted by Gasteiger charge is 2.37. The second-order valence-corrected chi connectivity index (χ2v) is 4.48. The van der Waals surface area contributed by atoms with E-state index in [0.717, 1.165) is 18.2 Å². The Bertz CT molecular complexity index is 599. The van der Waals surface area contributed by atoms with E-state index in [0.29, 0.717) is 12.8 Å². The van der Waals surface area contributed by atoms with E-state index in [1.807, 2.05) is 0 Å². The summed E-state index contributed by atoms with van der Waals surface area (Å²) in [5.74, 6) is -2.60. The molecule has 1 rings (SSSR count). The van der Waals surface area contributed by atoms with Gasteiger partial charge in [0.05, 0.1) is 9.85 Å². The quantitative estimate of drug-likeness (QED) is 0.315. The minimum Gasteiger partial charge on any atom is -0.296 e. The number of carbonyl (C=O) groups is 2. The lowest BCUT2D eigenvalue weighted by Crippen LogP contribution is -2.27. The van der Waals surface area contributed by atoms with Crippen LogP contribution in [0.5, 0.6) is 0 Å². The van der Waals surface area contributed by atoms with Crippen molar-refractivity contribution in [1.29, 1.82) is 0 Å². The molecule has 0 aromatic heterocycles. The van der Waals surface area contributed by atoms with Gasteiger partial charge in [-0.3, -0.25) is 29.8 Å². The number of rotatable bonds is 8. The number of nitro groups is 2. The molecule has 1 atom stereocenters. The number of ketones is 2. The van der Waals surface area contributed by atoms with Gasteiger partial charge < -0.3 is 0 Å². The number of hydrogen-bond acceptors (Lipinski definition) is 6. The number of alkyl halides is 1. The van der Waals surface area contributed by atoms with E-state index in [2.05, 4.69) is 0 Å². The van der Waals surface area contributed by atoms with Crippen molar-refractivity contribution in [2.75, 3.05) is 0 Å². The van der Waals surface area contributed by atoms with E-state index in [9.17, 15) is 34.2 Å². The Labute approximate surface area is 124 Å². The molecule has 0 bridgehead atoms. The van der Waals surface area contributed by atoms with Crippen molar-refractivity contribution in [3.8, 4) is 0 Å². The van der Waals surface area contributed by atoms with Crippen LogP contribution < -0.4 is 0 Å². The lowest BCUT2D eigenvalue weighted by atomic mass is 9.98. The first-order valence-electron chi connectivity index (χ1n) is 6.44. The van der Waals surface area contributed by atoms with Gasteiger partial charge in [0.25, 0.3) is 11.4 Å². The lowest BCUT2D eigenvalue weighted by molar-refractivity contribution is -0.394. The molecule has 0 saturated heterocycles. The summed E-state index contributed by atoms with van der Waals surface area (Å²) >= 11 is 0. The zero-order valence-electron chi connectivity index (χ0n) is 11.7. The van der Waals surface area contributed by atoms with Crippen molar-refractivity contribution in [2.45, 2.75) is 32.4 Å². The highest BCUT2D eigenvalue weighted by Crippen LogP contribution is 2.30. The average Bonchev–Trinajstić information content (AvgIpc) is 2.49. The fourth-order valence-corrected chi connectivity index (χ4v) is 1.84. The number of benzene rings is 1. The first kappa shape index (κ1) is 17.3. The molecule has 0 heterocycles. The molecule has 0 amide bonds. The summed E-state index contributed by atoms with van der Waals surface area (Å²) in [7, 11) is 0. The minimum absolute atomic E-state index is 0.210. The average molecular weight is 312 g/mol. The molecule has 1 unspecified atom stereocenters. The lowest BCUT2D eigenvalue weighted by Gasteiger charge is -2.07. The maximum absolute atomic E-state index is 13.9. The molecule has 0 aliphatic rings. The molecular formula is C13H13FN2O6. The third-order valence-electron chi connectivity index (χ3n) is 2.95. The maximum atomic E-state index is 13.9. The van der Waals surface area contributed by atoms with Gasteiger partial charge in [0.1, 0.15) is 0 Å². The van der Waals surface area contributed by atoms with Gasteiger partial charge in [0, 0.05) is 18.6 Å². The summed E-state index contributed by atoms with van der Waals surface area (Å²) in [6, 6.07) is 2.71. The van der Waals surface area contributed by atoms with E-state index in [1.165, 1.54) is 0 Å². The van der Waals surface area contributed by atoms with Crippen LogP contribution in [0.15, 0.2) is 18.2 Å². The topological polar surface area (TPSA) is 120 Å². The molecule has 0 aliphatic carbocycles. The molecule has 118 valence electrons. The highest BCUT2D eigenvalue weighted by molar-refractivity contribution is 6.16. The van der Waals surface area contributed by atoms with Gasteiger partial charge in [-0.15, -0.1) is 0 Å². The highest BCUT2D eigenvalue weighted by atomic mass is 19.1. The van der Waals surface area contributed by atoms with Crippen LogP contribution in [0.2, 0.25) is 0 Å². The summed E-state index contributed by atoms with van der Waals surface area (Å²) in [4.78, 5) is 43.3.